The van der Waals surface area contributed by atoms with Gasteiger partial charge in [0.25, 0.3) is 0 Å². The van der Waals surface area contributed by atoms with Gasteiger partial charge in [-0.05, 0) is 58.1 Å². The third-order valence-corrected chi connectivity index (χ3v) is 5.32. The molecule has 3 unspecified atom stereocenters. The van der Waals surface area contributed by atoms with Gasteiger partial charge in [-0.2, -0.15) is 5.26 Å². The molecule has 0 aromatic heterocycles. The van der Waals surface area contributed by atoms with Crippen LogP contribution in [-0.2, 0) is 9.53 Å². The number of allylic oxidation sites excluding steroid dienone is 2. The monoisotopic (exact) mass is 452 g/mol. The van der Waals surface area contributed by atoms with Crippen LogP contribution < -0.4 is 10.6 Å². The number of cyclic esters (lactones) is 1. The summed E-state index contributed by atoms with van der Waals surface area (Å²) in [5, 5.41) is 23.2. The molecule has 2 fully saturated rings. The number of amides is 2. The van der Waals surface area contributed by atoms with Crippen molar-refractivity contribution in [3.63, 3.8) is 0 Å². The van der Waals surface area contributed by atoms with Crippen LogP contribution in [0.4, 0.5) is 9.18 Å². The zero-order valence-electron chi connectivity index (χ0n) is 19.6. The lowest BCUT2D eigenvalue weighted by Gasteiger charge is -2.14. The summed E-state index contributed by atoms with van der Waals surface area (Å²) < 4.78 is 19.2. The van der Waals surface area contributed by atoms with Crippen molar-refractivity contribution >= 4 is 12.0 Å². The molecule has 1 saturated heterocycles. The number of nitrogens with one attached hydrogen (secondary N) is 2. The molecule has 2 aliphatic rings. The molecule has 0 aromatic carbocycles. The number of carbonyl (C=O) groups is 2. The summed E-state index contributed by atoms with van der Waals surface area (Å²) in [6.07, 6.45) is 5.30. The number of hydrogen-bond acceptors (Lipinski definition) is 6. The van der Waals surface area contributed by atoms with Crippen LogP contribution in [0.2, 0.25) is 0 Å². The van der Waals surface area contributed by atoms with Gasteiger partial charge in [-0.3, -0.25) is 9.69 Å². The van der Waals surface area contributed by atoms with E-state index in [0.717, 1.165) is 5.92 Å². The molecule has 180 valence electrons. The lowest BCUT2D eigenvalue weighted by molar-refractivity contribution is -0.119. The standard InChI is InChI=1S/C17H28FN3O4.C6H9N/c1-4-14(8-13(18)9-19-7-6-15(23)5-2)21-11-16(25-17(21)24)10-20-12(3)22;1-5(4-7)6-2-3-6/h4,8,15-16,19,23H,5-7,9-11H2,1-3H3,(H,20,22);5-6H,2-3H2,1H3/b13-8+,14-4+;. The summed E-state index contributed by atoms with van der Waals surface area (Å²) in [4.78, 5) is 24.2. The van der Waals surface area contributed by atoms with Crippen LogP contribution in [0.15, 0.2) is 23.7 Å². The Kier molecular flexibility index (Phi) is 12.6. The number of aliphatic hydroxyl groups excluding tert-OH is 1. The first-order chi connectivity index (χ1) is 15.2. The maximum absolute atomic E-state index is 14.0. The first-order valence-corrected chi connectivity index (χ1v) is 11.2. The summed E-state index contributed by atoms with van der Waals surface area (Å²) in [6, 6.07) is 2.23. The van der Waals surface area contributed by atoms with Crippen LogP contribution in [0, 0.1) is 23.2 Å². The largest absolute Gasteiger partial charge is 0.442 e. The van der Waals surface area contributed by atoms with Gasteiger partial charge in [0, 0.05) is 25.1 Å². The molecule has 1 aliphatic carbocycles. The summed E-state index contributed by atoms with van der Waals surface area (Å²) >= 11 is 0. The van der Waals surface area contributed by atoms with E-state index in [0.29, 0.717) is 31.0 Å². The molecule has 1 heterocycles. The predicted molar refractivity (Wildman–Crippen MR) is 120 cm³/mol. The molecule has 1 aliphatic heterocycles. The second-order valence-corrected chi connectivity index (χ2v) is 8.14. The quantitative estimate of drug-likeness (QED) is 0.328. The molecule has 0 radical (unpaired) electrons. The third kappa shape index (κ3) is 10.7. The lowest BCUT2D eigenvalue weighted by Crippen LogP contribution is -2.33. The molecule has 3 N–H and O–H groups in total. The van der Waals surface area contributed by atoms with E-state index in [2.05, 4.69) is 16.7 Å². The Bertz CT molecular complexity index is 715. The Balaban J connectivity index is 0.000000616. The maximum atomic E-state index is 14.0. The van der Waals surface area contributed by atoms with E-state index in [1.54, 1.807) is 13.0 Å². The van der Waals surface area contributed by atoms with E-state index in [9.17, 15) is 19.1 Å². The molecule has 8 nitrogen and oxygen atoms in total. The number of nitriles is 1. The van der Waals surface area contributed by atoms with E-state index in [-0.39, 0.29) is 31.6 Å². The Morgan fingerprint density at radius 2 is 2.16 bits per heavy atom. The molecule has 3 atom stereocenters. The highest BCUT2D eigenvalue weighted by atomic mass is 19.1. The number of halogens is 1. The Morgan fingerprint density at radius 3 is 2.66 bits per heavy atom. The molecular weight excluding hydrogens is 415 g/mol. The smallest absolute Gasteiger partial charge is 0.414 e. The van der Waals surface area contributed by atoms with E-state index < -0.39 is 18.0 Å². The lowest BCUT2D eigenvalue weighted by atomic mass is 10.1. The SMILES string of the molecule is C/C=C(\C=C(\F)CNCCC(O)CC)N1CC(CNC(C)=O)OC1=O.CC(C#N)C1CC1. The van der Waals surface area contributed by atoms with Crippen molar-refractivity contribution in [2.24, 2.45) is 11.8 Å². The number of aliphatic hydroxyl groups is 1. The van der Waals surface area contributed by atoms with E-state index in [1.165, 1.54) is 30.7 Å². The second kappa shape index (κ2) is 14.6. The van der Waals surface area contributed by atoms with Crippen LogP contribution in [0.3, 0.4) is 0 Å². The normalized spacial score (nSPS) is 20.6. The highest BCUT2D eigenvalue weighted by molar-refractivity contribution is 5.74. The summed E-state index contributed by atoms with van der Waals surface area (Å²) in [5.74, 6) is 0.452. The second-order valence-electron chi connectivity index (χ2n) is 8.14. The average Bonchev–Trinajstić information content (AvgIpc) is 3.56. The van der Waals surface area contributed by atoms with Gasteiger partial charge in [-0.25, -0.2) is 9.18 Å². The molecule has 2 rings (SSSR count). The number of rotatable bonds is 11. The van der Waals surface area contributed by atoms with Gasteiger partial charge in [0.1, 0.15) is 11.9 Å². The fraction of sp³-hybridized carbons (Fsp3) is 0.696. The van der Waals surface area contributed by atoms with Gasteiger partial charge in [0.15, 0.2) is 0 Å². The van der Waals surface area contributed by atoms with Crippen LogP contribution in [0.5, 0.6) is 0 Å². The van der Waals surface area contributed by atoms with E-state index in [1.807, 2.05) is 13.8 Å². The summed E-state index contributed by atoms with van der Waals surface area (Å²) in [7, 11) is 0. The fourth-order valence-electron chi connectivity index (χ4n) is 3.01. The van der Waals surface area contributed by atoms with Crippen LogP contribution in [0.1, 0.15) is 53.4 Å². The minimum Gasteiger partial charge on any atom is -0.442 e. The fourth-order valence-corrected chi connectivity index (χ4v) is 3.01. The van der Waals surface area contributed by atoms with Crippen LogP contribution >= 0.6 is 0 Å². The summed E-state index contributed by atoms with van der Waals surface area (Å²) in [5.41, 5.74) is 0.406. The van der Waals surface area contributed by atoms with Gasteiger partial charge in [0.05, 0.1) is 25.3 Å². The Labute approximate surface area is 190 Å². The zero-order valence-corrected chi connectivity index (χ0v) is 19.6. The first-order valence-electron chi connectivity index (χ1n) is 11.2. The molecule has 2 amide bonds. The highest BCUT2D eigenvalue weighted by Crippen LogP contribution is 2.35. The van der Waals surface area contributed by atoms with Crippen molar-refractivity contribution in [1.82, 2.24) is 15.5 Å². The maximum Gasteiger partial charge on any atom is 0.414 e. The van der Waals surface area contributed by atoms with Crippen molar-refractivity contribution in [2.75, 3.05) is 26.2 Å². The number of ether oxygens (including phenoxy) is 1. The molecule has 0 bridgehead atoms. The van der Waals surface area contributed by atoms with Crippen molar-refractivity contribution in [2.45, 2.75) is 65.6 Å². The molecule has 0 spiro atoms. The molecular formula is C23H37FN4O4. The van der Waals surface area contributed by atoms with Gasteiger partial charge >= 0.3 is 6.09 Å². The van der Waals surface area contributed by atoms with Crippen molar-refractivity contribution in [3.05, 3.63) is 23.7 Å². The van der Waals surface area contributed by atoms with Crippen molar-refractivity contribution in [1.29, 1.82) is 5.26 Å². The molecule has 0 aromatic rings. The van der Waals surface area contributed by atoms with Gasteiger partial charge in [-0.1, -0.05) is 13.0 Å². The van der Waals surface area contributed by atoms with Crippen molar-refractivity contribution in [3.8, 4) is 6.07 Å². The van der Waals surface area contributed by atoms with E-state index >= 15 is 0 Å². The predicted octanol–water partition coefficient (Wildman–Crippen LogP) is 3.01. The Morgan fingerprint density at radius 1 is 1.47 bits per heavy atom. The van der Waals surface area contributed by atoms with Gasteiger partial charge in [-0.15, -0.1) is 0 Å². The highest BCUT2D eigenvalue weighted by Gasteiger charge is 2.33. The molecule has 1 saturated carbocycles. The van der Waals surface area contributed by atoms with Crippen LogP contribution in [0.25, 0.3) is 0 Å². The van der Waals surface area contributed by atoms with Gasteiger partial charge < -0.3 is 20.5 Å². The molecule has 9 heteroatoms. The van der Waals surface area contributed by atoms with Crippen LogP contribution in [-0.4, -0.2) is 60.4 Å². The molecule has 32 heavy (non-hydrogen) atoms. The van der Waals surface area contributed by atoms with Gasteiger partial charge in [0.2, 0.25) is 5.91 Å². The average molecular weight is 453 g/mol. The first kappa shape index (κ1) is 27.6. The Hall–Kier alpha value is -2.44. The zero-order chi connectivity index (χ0) is 24.1. The minimum atomic E-state index is -0.563. The number of nitrogens with zero attached hydrogens (tertiary/aromatic N) is 2. The topological polar surface area (TPSA) is 115 Å². The third-order valence-electron chi connectivity index (χ3n) is 5.32. The van der Waals surface area contributed by atoms with E-state index in [4.69, 9.17) is 10.00 Å². The minimum absolute atomic E-state index is 0.0198. The van der Waals surface area contributed by atoms with Crippen molar-refractivity contribution < 1.29 is 23.8 Å². The number of hydrogen-bond donors (Lipinski definition) is 3. The number of carbonyl (C=O) groups excluding carboxylic acids is 2. The summed E-state index contributed by atoms with van der Waals surface area (Å²) in [6.45, 7) is 7.98.